The smallest absolute Gasteiger partial charge is 0.251 e. The third kappa shape index (κ3) is 2.36. The first kappa shape index (κ1) is 13.2. The van der Waals surface area contributed by atoms with E-state index in [-0.39, 0.29) is 0 Å². The fraction of sp³-hybridized carbons (Fsp3) is 0.118. The topological polar surface area (TPSA) is 68.9 Å². The Balaban J connectivity index is 2.24. The highest BCUT2D eigenvalue weighted by molar-refractivity contribution is 6.01. The van der Waals surface area contributed by atoms with Crippen molar-refractivity contribution in [3.05, 3.63) is 59.5 Å². The first-order valence-electron chi connectivity index (χ1n) is 6.69. The lowest BCUT2D eigenvalue weighted by atomic mass is 9.97. The van der Waals surface area contributed by atoms with Crippen molar-refractivity contribution in [1.29, 1.82) is 0 Å². The second-order valence-electron chi connectivity index (χ2n) is 5.04. The zero-order valence-corrected chi connectivity index (χ0v) is 11.9. The standard InChI is InChI=1S/C17H15N3O/c1-10-3-4-13-9-12(5-6-15(13)20-10)14-7-8-19-11(2)16(14)17(18)21/h3-9H,1-2H3,(H2,18,21). The number of nitrogens with two attached hydrogens (primary N) is 1. The van der Waals surface area contributed by atoms with Gasteiger partial charge in [0.25, 0.3) is 5.91 Å². The van der Waals surface area contributed by atoms with Gasteiger partial charge in [-0.25, -0.2) is 0 Å². The minimum Gasteiger partial charge on any atom is -0.366 e. The SMILES string of the molecule is Cc1ccc2cc(-c3ccnc(C)c3C(N)=O)ccc2n1. The van der Waals surface area contributed by atoms with Crippen molar-refractivity contribution < 1.29 is 4.79 Å². The van der Waals surface area contributed by atoms with Crippen LogP contribution in [0.3, 0.4) is 0 Å². The number of carbonyl (C=O) groups is 1. The van der Waals surface area contributed by atoms with Gasteiger partial charge in [-0.1, -0.05) is 12.1 Å². The molecule has 1 aromatic carbocycles. The Bertz CT molecular complexity index is 856. The zero-order valence-electron chi connectivity index (χ0n) is 11.9. The second kappa shape index (κ2) is 4.98. The highest BCUT2D eigenvalue weighted by atomic mass is 16.1. The number of carbonyl (C=O) groups excluding carboxylic acids is 1. The molecule has 0 bridgehead atoms. The van der Waals surface area contributed by atoms with Crippen LogP contribution in [0.5, 0.6) is 0 Å². The molecule has 0 saturated carbocycles. The molecule has 2 heterocycles. The van der Waals surface area contributed by atoms with Gasteiger partial charge in [0.15, 0.2) is 0 Å². The van der Waals surface area contributed by atoms with Crippen LogP contribution in [0.2, 0.25) is 0 Å². The molecule has 0 spiro atoms. The number of pyridine rings is 2. The van der Waals surface area contributed by atoms with Gasteiger partial charge in [-0.15, -0.1) is 0 Å². The van der Waals surface area contributed by atoms with E-state index < -0.39 is 5.91 Å². The lowest BCUT2D eigenvalue weighted by Crippen LogP contribution is -2.15. The van der Waals surface area contributed by atoms with Crippen LogP contribution in [0, 0.1) is 13.8 Å². The van der Waals surface area contributed by atoms with Crippen molar-refractivity contribution >= 4 is 16.8 Å². The molecule has 0 unspecified atom stereocenters. The lowest BCUT2D eigenvalue weighted by Gasteiger charge is -2.10. The maximum atomic E-state index is 11.7. The van der Waals surface area contributed by atoms with Gasteiger partial charge in [0.2, 0.25) is 0 Å². The molecule has 2 N–H and O–H groups in total. The maximum Gasteiger partial charge on any atom is 0.251 e. The maximum absolute atomic E-state index is 11.7. The molecule has 0 aliphatic rings. The number of aryl methyl sites for hydroxylation is 2. The van der Waals surface area contributed by atoms with Crippen LogP contribution in [0.4, 0.5) is 0 Å². The third-order valence-electron chi connectivity index (χ3n) is 3.53. The van der Waals surface area contributed by atoms with Crippen molar-refractivity contribution in [3.63, 3.8) is 0 Å². The van der Waals surface area contributed by atoms with Gasteiger partial charge in [0.05, 0.1) is 16.8 Å². The van der Waals surface area contributed by atoms with E-state index in [4.69, 9.17) is 5.73 Å². The minimum absolute atomic E-state index is 0.460. The van der Waals surface area contributed by atoms with Gasteiger partial charge < -0.3 is 5.73 Å². The van der Waals surface area contributed by atoms with E-state index in [0.717, 1.165) is 27.7 Å². The summed E-state index contributed by atoms with van der Waals surface area (Å²) in [5, 5.41) is 1.03. The summed E-state index contributed by atoms with van der Waals surface area (Å²) in [5.41, 5.74) is 10.3. The summed E-state index contributed by atoms with van der Waals surface area (Å²) in [6.07, 6.45) is 1.69. The van der Waals surface area contributed by atoms with E-state index in [9.17, 15) is 4.79 Å². The summed E-state index contributed by atoms with van der Waals surface area (Å²) in [4.78, 5) is 20.3. The van der Waals surface area contributed by atoms with Gasteiger partial charge in [-0.3, -0.25) is 14.8 Å². The molecule has 4 heteroatoms. The van der Waals surface area contributed by atoms with Gasteiger partial charge in [-0.05, 0) is 49.2 Å². The van der Waals surface area contributed by atoms with Crippen LogP contribution in [0.25, 0.3) is 22.0 Å². The number of primary amides is 1. The van der Waals surface area contributed by atoms with E-state index in [2.05, 4.69) is 9.97 Å². The Kier molecular flexibility index (Phi) is 3.14. The van der Waals surface area contributed by atoms with Crippen molar-refractivity contribution in [2.24, 2.45) is 5.73 Å². The summed E-state index contributed by atoms with van der Waals surface area (Å²) < 4.78 is 0. The molecule has 4 nitrogen and oxygen atoms in total. The monoisotopic (exact) mass is 277 g/mol. The number of nitrogens with zero attached hydrogens (tertiary/aromatic N) is 2. The number of fused-ring (bicyclic) bond motifs is 1. The first-order chi connectivity index (χ1) is 10.1. The molecule has 0 saturated heterocycles. The molecule has 3 rings (SSSR count). The van der Waals surface area contributed by atoms with Crippen LogP contribution in [-0.2, 0) is 0 Å². The minimum atomic E-state index is -0.460. The summed E-state index contributed by atoms with van der Waals surface area (Å²) in [6.45, 7) is 3.75. The largest absolute Gasteiger partial charge is 0.366 e. The Hall–Kier alpha value is -2.75. The number of hydrogen-bond donors (Lipinski definition) is 1. The molecule has 21 heavy (non-hydrogen) atoms. The fourth-order valence-corrected chi connectivity index (χ4v) is 2.51. The Labute approximate surface area is 122 Å². The molecule has 1 amide bonds. The van der Waals surface area contributed by atoms with Crippen molar-refractivity contribution in [1.82, 2.24) is 9.97 Å². The lowest BCUT2D eigenvalue weighted by molar-refractivity contribution is 0.1000. The highest BCUT2D eigenvalue weighted by Crippen LogP contribution is 2.27. The summed E-state index contributed by atoms with van der Waals surface area (Å²) >= 11 is 0. The predicted octanol–water partition coefficient (Wildman–Crippen LogP) is 3.01. The molecule has 2 aromatic heterocycles. The van der Waals surface area contributed by atoms with Crippen LogP contribution < -0.4 is 5.73 Å². The van der Waals surface area contributed by atoms with E-state index in [0.29, 0.717) is 11.3 Å². The molecule has 0 aliphatic carbocycles. The second-order valence-corrected chi connectivity index (χ2v) is 5.04. The highest BCUT2D eigenvalue weighted by Gasteiger charge is 2.14. The quantitative estimate of drug-likeness (QED) is 0.782. The summed E-state index contributed by atoms with van der Waals surface area (Å²) in [6, 6.07) is 11.7. The van der Waals surface area contributed by atoms with E-state index >= 15 is 0 Å². The van der Waals surface area contributed by atoms with Gasteiger partial charge in [0, 0.05) is 17.3 Å². The number of hydrogen-bond acceptors (Lipinski definition) is 3. The summed E-state index contributed by atoms with van der Waals surface area (Å²) in [5.74, 6) is -0.460. The molecule has 0 fully saturated rings. The first-order valence-corrected chi connectivity index (χ1v) is 6.69. The molecular weight excluding hydrogens is 262 g/mol. The van der Waals surface area contributed by atoms with Crippen molar-refractivity contribution in [2.75, 3.05) is 0 Å². The van der Waals surface area contributed by atoms with E-state index in [1.54, 1.807) is 13.1 Å². The zero-order chi connectivity index (χ0) is 15.0. The Morgan fingerprint density at radius 1 is 1.10 bits per heavy atom. The van der Waals surface area contributed by atoms with Crippen molar-refractivity contribution in [3.8, 4) is 11.1 Å². The normalized spacial score (nSPS) is 10.8. The van der Waals surface area contributed by atoms with Gasteiger partial charge >= 0.3 is 0 Å². The third-order valence-corrected chi connectivity index (χ3v) is 3.53. The molecule has 0 atom stereocenters. The number of benzene rings is 1. The number of rotatable bonds is 2. The van der Waals surface area contributed by atoms with Crippen LogP contribution in [-0.4, -0.2) is 15.9 Å². The van der Waals surface area contributed by atoms with Crippen LogP contribution >= 0.6 is 0 Å². The predicted molar refractivity (Wildman–Crippen MR) is 83.0 cm³/mol. The molecule has 104 valence electrons. The molecular formula is C17H15N3O. The van der Waals surface area contributed by atoms with E-state index in [1.165, 1.54) is 0 Å². The average molecular weight is 277 g/mol. The fourth-order valence-electron chi connectivity index (χ4n) is 2.51. The van der Waals surface area contributed by atoms with Gasteiger partial charge in [0.1, 0.15) is 0 Å². The number of amides is 1. The van der Waals surface area contributed by atoms with Gasteiger partial charge in [-0.2, -0.15) is 0 Å². The van der Waals surface area contributed by atoms with E-state index in [1.807, 2.05) is 43.3 Å². The average Bonchev–Trinajstić information content (AvgIpc) is 2.46. The summed E-state index contributed by atoms with van der Waals surface area (Å²) in [7, 11) is 0. The Morgan fingerprint density at radius 2 is 1.90 bits per heavy atom. The molecule has 3 aromatic rings. The van der Waals surface area contributed by atoms with Crippen LogP contribution in [0.15, 0.2) is 42.6 Å². The van der Waals surface area contributed by atoms with Crippen molar-refractivity contribution in [2.45, 2.75) is 13.8 Å². The van der Waals surface area contributed by atoms with Crippen LogP contribution in [0.1, 0.15) is 21.7 Å². The molecule has 0 radical (unpaired) electrons. The Morgan fingerprint density at radius 3 is 2.67 bits per heavy atom. The number of aromatic nitrogens is 2. The molecule has 0 aliphatic heterocycles.